The maximum absolute atomic E-state index is 12.6. The van der Waals surface area contributed by atoms with Crippen LogP contribution < -0.4 is 9.47 Å². The van der Waals surface area contributed by atoms with Gasteiger partial charge in [0.1, 0.15) is 11.6 Å². The van der Waals surface area contributed by atoms with Crippen LogP contribution in [-0.4, -0.2) is 35.5 Å². The Hall–Kier alpha value is -2.60. The Bertz CT molecular complexity index is 860. The van der Waals surface area contributed by atoms with Crippen LogP contribution in [0.4, 0.5) is 0 Å². The van der Waals surface area contributed by atoms with Crippen molar-refractivity contribution in [2.45, 2.75) is 12.6 Å². The lowest BCUT2D eigenvalue weighted by molar-refractivity contribution is -0.140. The zero-order chi connectivity index (χ0) is 16.5. The Labute approximate surface area is 143 Å². The first kappa shape index (κ1) is 15.0. The number of fused-ring (bicyclic) bond motifs is 2. The Morgan fingerprint density at radius 3 is 2.79 bits per heavy atom. The van der Waals surface area contributed by atoms with Crippen molar-refractivity contribution in [3.8, 4) is 11.5 Å². The van der Waals surface area contributed by atoms with E-state index >= 15 is 0 Å². The first-order valence-corrected chi connectivity index (χ1v) is 8.50. The second kappa shape index (κ2) is 6.13. The molecule has 5 nitrogen and oxygen atoms in total. The summed E-state index contributed by atoms with van der Waals surface area (Å²) >= 11 is 1.60. The molecule has 0 fully saturated rings. The second-order valence-corrected chi connectivity index (χ2v) is 6.75. The van der Waals surface area contributed by atoms with Crippen molar-refractivity contribution in [2.24, 2.45) is 0 Å². The highest BCUT2D eigenvalue weighted by atomic mass is 32.1. The standard InChI is InChI=1S/C18H16N2O3S/c1-20(10-17-19-12-6-2-5-9-16(12)24-17)18(21)15-11-22-13-7-3-4-8-14(13)23-15/h2-9,15H,10-11H2,1H3/t15-/m1/s1. The molecule has 0 saturated carbocycles. The number of benzene rings is 2. The molecule has 0 radical (unpaired) electrons. The van der Waals surface area contributed by atoms with Crippen molar-refractivity contribution in [3.63, 3.8) is 0 Å². The van der Waals surface area contributed by atoms with Crippen LogP contribution in [0, 0.1) is 0 Å². The topological polar surface area (TPSA) is 51.7 Å². The van der Waals surface area contributed by atoms with Gasteiger partial charge in [0, 0.05) is 7.05 Å². The number of carbonyl (C=O) groups is 1. The number of likely N-dealkylation sites (N-methyl/N-ethyl adjacent to an activating group) is 1. The van der Waals surface area contributed by atoms with E-state index in [1.807, 2.05) is 48.5 Å². The fourth-order valence-electron chi connectivity index (χ4n) is 2.66. The molecule has 0 N–H and O–H groups in total. The average molecular weight is 340 g/mol. The number of ether oxygens (including phenoxy) is 2. The van der Waals surface area contributed by atoms with Gasteiger partial charge in [-0.2, -0.15) is 0 Å². The third kappa shape index (κ3) is 2.80. The van der Waals surface area contributed by atoms with Crippen LogP contribution in [0.3, 0.4) is 0 Å². The highest BCUT2D eigenvalue weighted by Gasteiger charge is 2.30. The molecule has 1 atom stereocenters. The van der Waals surface area contributed by atoms with E-state index in [-0.39, 0.29) is 12.5 Å². The van der Waals surface area contributed by atoms with Gasteiger partial charge in [0.15, 0.2) is 11.5 Å². The maximum Gasteiger partial charge on any atom is 0.267 e. The van der Waals surface area contributed by atoms with E-state index in [0.717, 1.165) is 15.2 Å². The summed E-state index contributed by atoms with van der Waals surface area (Å²) in [6.07, 6.45) is -0.626. The third-order valence-electron chi connectivity index (χ3n) is 3.87. The van der Waals surface area contributed by atoms with E-state index in [1.165, 1.54) is 0 Å². The Morgan fingerprint density at radius 2 is 1.96 bits per heavy atom. The summed E-state index contributed by atoms with van der Waals surface area (Å²) in [5.41, 5.74) is 0.963. The fraction of sp³-hybridized carbons (Fsp3) is 0.222. The van der Waals surface area contributed by atoms with Crippen LogP contribution >= 0.6 is 11.3 Å². The van der Waals surface area contributed by atoms with Gasteiger partial charge in [0.05, 0.1) is 16.8 Å². The number of hydrogen-bond acceptors (Lipinski definition) is 5. The van der Waals surface area contributed by atoms with E-state index in [9.17, 15) is 4.79 Å². The van der Waals surface area contributed by atoms with Gasteiger partial charge < -0.3 is 14.4 Å². The average Bonchev–Trinajstić information content (AvgIpc) is 3.02. The molecular weight excluding hydrogens is 324 g/mol. The molecule has 0 aliphatic carbocycles. The molecule has 0 bridgehead atoms. The van der Waals surface area contributed by atoms with Gasteiger partial charge in [-0.25, -0.2) is 4.98 Å². The normalized spacial score (nSPS) is 16.1. The predicted molar refractivity (Wildman–Crippen MR) is 92.4 cm³/mol. The van der Waals surface area contributed by atoms with Crippen LogP contribution in [0.2, 0.25) is 0 Å². The highest BCUT2D eigenvalue weighted by molar-refractivity contribution is 7.18. The van der Waals surface area contributed by atoms with E-state index in [4.69, 9.17) is 9.47 Å². The molecule has 1 aliphatic heterocycles. The molecule has 2 heterocycles. The molecule has 122 valence electrons. The molecule has 1 aromatic heterocycles. The molecule has 3 aromatic rings. The zero-order valence-electron chi connectivity index (χ0n) is 13.1. The van der Waals surface area contributed by atoms with Crippen molar-refractivity contribution >= 4 is 27.5 Å². The molecular formula is C18H16N2O3S. The van der Waals surface area contributed by atoms with Gasteiger partial charge in [-0.15, -0.1) is 11.3 Å². The van der Waals surface area contributed by atoms with E-state index in [1.54, 1.807) is 23.3 Å². The minimum Gasteiger partial charge on any atom is -0.485 e. The second-order valence-electron chi connectivity index (χ2n) is 5.63. The molecule has 0 unspecified atom stereocenters. The number of nitrogens with zero attached hydrogens (tertiary/aromatic N) is 2. The smallest absolute Gasteiger partial charge is 0.267 e. The van der Waals surface area contributed by atoms with Gasteiger partial charge >= 0.3 is 0 Å². The van der Waals surface area contributed by atoms with Crippen LogP contribution in [0.1, 0.15) is 5.01 Å². The number of aromatic nitrogens is 1. The monoisotopic (exact) mass is 340 g/mol. The Balaban J connectivity index is 1.46. The number of thiazole rings is 1. The minimum atomic E-state index is -0.626. The lowest BCUT2D eigenvalue weighted by Gasteiger charge is -2.28. The molecule has 1 amide bonds. The summed E-state index contributed by atoms with van der Waals surface area (Å²) in [5, 5.41) is 0.907. The summed E-state index contributed by atoms with van der Waals surface area (Å²) < 4.78 is 12.5. The molecule has 4 rings (SSSR count). The molecule has 2 aromatic carbocycles. The number of para-hydroxylation sites is 3. The van der Waals surface area contributed by atoms with Crippen molar-refractivity contribution in [3.05, 3.63) is 53.5 Å². The largest absolute Gasteiger partial charge is 0.485 e. The van der Waals surface area contributed by atoms with Crippen LogP contribution in [-0.2, 0) is 11.3 Å². The van der Waals surface area contributed by atoms with Gasteiger partial charge in [0.25, 0.3) is 5.91 Å². The number of rotatable bonds is 3. The number of carbonyl (C=O) groups excluding carboxylic acids is 1. The minimum absolute atomic E-state index is 0.108. The summed E-state index contributed by atoms with van der Waals surface area (Å²) in [7, 11) is 1.76. The van der Waals surface area contributed by atoms with Gasteiger partial charge in [-0.3, -0.25) is 4.79 Å². The third-order valence-corrected chi connectivity index (χ3v) is 4.89. The first-order valence-electron chi connectivity index (χ1n) is 7.68. The summed E-state index contributed by atoms with van der Waals surface area (Å²) in [6.45, 7) is 0.680. The predicted octanol–water partition coefficient (Wildman–Crippen LogP) is 3.09. The SMILES string of the molecule is CN(Cc1nc2ccccc2s1)C(=O)[C@H]1COc2ccccc2O1. The van der Waals surface area contributed by atoms with Crippen LogP contribution in [0.5, 0.6) is 11.5 Å². The highest BCUT2D eigenvalue weighted by Crippen LogP contribution is 2.31. The lowest BCUT2D eigenvalue weighted by Crippen LogP contribution is -2.44. The molecule has 1 aliphatic rings. The first-order chi connectivity index (χ1) is 11.7. The van der Waals surface area contributed by atoms with Crippen molar-refractivity contribution in [2.75, 3.05) is 13.7 Å². The summed E-state index contributed by atoms with van der Waals surface area (Å²) in [4.78, 5) is 18.8. The Kier molecular flexibility index (Phi) is 3.82. The fourth-order valence-corrected chi connectivity index (χ4v) is 3.68. The van der Waals surface area contributed by atoms with Crippen LogP contribution in [0.15, 0.2) is 48.5 Å². The summed E-state index contributed by atoms with van der Waals surface area (Å²) in [6, 6.07) is 15.3. The lowest BCUT2D eigenvalue weighted by atomic mass is 10.2. The van der Waals surface area contributed by atoms with E-state index < -0.39 is 6.10 Å². The molecule has 0 spiro atoms. The van der Waals surface area contributed by atoms with Crippen molar-refractivity contribution < 1.29 is 14.3 Å². The Morgan fingerprint density at radius 1 is 1.21 bits per heavy atom. The number of amides is 1. The quantitative estimate of drug-likeness (QED) is 0.735. The zero-order valence-corrected chi connectivity index (χ0v) is 14.0. The molecule has 6 heteroatoms. The van der Waals surface area contributed by atoms with E-state index in [2.05, 4.69) is 4.98 Å². The van der Waals surface area contributed by atoms with Gasteiger partial charge in [-0.05, 0) is 24.3 Å². The van der Waals surface area contributed by atoms with Gasteiger partial charge in [-0.1, -0.05) is 24.3 Å². The van der Waals surface area contributed by atoms with Crippen LogP contribution in [0.25, 0.3) is 10.2 Å². The molecule has 0 saturated heterocycles. The van der Waals surface area contributed by atoms with Crippen molar-refractivity contribution in [1.29, 1.82) is 0 Å². The van der Waals surface area contributed by atoms with Gasteiger partial charge in [0.2, 0.25) is 6.10 Å². The molecule has 24 heavy (non-hydrogen) atoms. The maximum atomic E-state index is 12.6. The van der Waals surface area contributed by atoms with E-state index in [0.29, 0.717) is 18.0 Å². The summed E-state index contributed by atoms with van der Waals surface area (Å²) in [5.74, 6) is 1.18. The number of hydrogen-bond donors (Lipinski definition) is 0. The van der Waals surface area contributed by atoms with Crippen molar-refractivity contribution in [1.82, 2.24) is 9.88 Å².